The Kier molecular flexibility index (Phi) is 10.5. The van der Waals surface area contributed by atoms with Gasteiger partial charge >= 0.3 is 7.60 Å². The summed E-state index contributed by atoms with van der Waals surface area (Å²) < 4.78 is 48.4. The fourth-order valence-electron chi connectivity index (χ4n) is 3.85. The van der Waals surface area contributed by atoms with E-state index in [0.717, 1.165) is 17.6 Å². The standard InChI is InChI=1S/C25H23N2O3P.C8H8O3S/c1-20-17-18-21(19-26-20)25(27-22-11-5-2-6-12-22)31(28,29-23-13-7-3-8-14-23)30-24-15-9-4-10-16-24;1-12(10,11)8-4-2-7(6-9)3-5-8/h2-19,25,27H,1H3;2-6H,1H3. The van der Waals surface area contributed by atoms with Crippen LogP contribution in [0, 0.1) is 6.92 Å². The number of benzene rings is 4. The minimum absolute atomic E-state index is 0.230. The zero-order valence-electron chi connectivity index (χ0n) is 23.6. The molecule has 1 N–H and O–H groups in total. The number of aldehydes is 1. The minimum atomic E-state index is -3.83. The SMILES string of the molecule is CS(=O)(=O)c1ccc(C=O)cc1.Cc1ccc(C(Nc2ccccc2)P(=O)(Oc2ccccc2)Oc2ccccc2)cn1. The van der Waals surface area contributed by atoms with Crippen molar-refractivity contribution in [1.29, 1.82) is 0 Å². The van der Waals surface area contributed by atoms with Crippen molar-refractivity contribution >= 4 is 29.4 Å². The van der Waals surface area contributed by atoms with Crippen molar-refractivity contribution in [2.24, 2.45) is 0 Å². The van der Waals surface area contributed by atoms with Crippen LogP contribution < -0.4 is 14.4 Å². The number of pyridine rings is 1. The number of anilines is 1. The Morgan fingerprint density at radius 3 is 1.70 bits per heavy atom. The van der Waals surface area contributed by atoms with Gasteiger partial charge in [-0.2, -0.15) is 0 Å². The van der Waals surface area contributed by atoms with E-state index >= 15 is 0 Å². The molecule has 1 unspecified atom stereocenters. The molecule has 0 amide bonds. The van der Waals surface area contributed by atoms with Crippen molar-refractivity contribution in [3.8, 4) is 11.5 Å². The molecule has 1 aromatic heterocycles. The molecule has 0 aliphatic carbocycles. The van der Waals surface area contributed by atoms with Crippen molar-refractivity contribution in [2.45, 2.75) is 17.6 Å². The van der Waals surface area contributed by atoms with Crippen LogP contribution in [0.2, 0.25) is 0 Å². The Balaban J connectivity index is 0.000000296. The van der Waals surface area contributed by atoms with Gasteiger partial charge in [0, 0.05) is 35.0 Å². The summed E-state index contributed by atoms with van der Waals surface area (Å²) in [6.07, 6.45) is 3.50. The molecule has 0 saturated carbocycles. The fourth-order valence-corrected chi connectivity index (χ4v) is 6.39. The number of rotatable bonds is 10. The lowest BCUT2D eigenvalue weighted by molar-refractivity contribution is 0.112. The van der Waals surface area contributed by atoms with E-state index < -0.39 is 23.2 Å². The molecule has 5 aromatic rings. The lowest BCUT2D eigenvalue weighted by Crippen LogP contribution is -2.18. The third-order valence-electron chi connectivity index (χ3n) is 6.04. The van der Waals surface area contributed by atoms with Gasteiger partial charge in [0.25, 0.3) is 0 Å². The Morgan fingerprint density at radius 2 is 1.26 bits per heavy atom. The quantitative estimate of drug-likeness (QED) is 0.126. The molecule has 5 rings (SSSR count). The lowest BCUT2D eigenvalue weighted by Gasteiger charge is -2.29. The second kappa shape index (κ2) is 14.4. The first-order chi connectivity index (χ1) is 20.7. The van der Waals surface area contributed by atoms with Gasteiger partial charge < -0.3 is 14.4 Å². The number of carbonyl (C=O) groups is 1. The van der Waals surface area contributed by atoms with E-state index in [1.54, 1.807) is 30.5 Å². The number of nitrogens with one attached hydrogen (secondary N) is 1. The zero-order chi connectivity index (χ0) is 30.7. The molecule has 1 heterocycles. The average Bonchev–Trinajstić information content (AvgIpc) is 3.02. The maximum absolute atomic E-state index is 14.4. The van der Waals surface area contributed by atoms with E-state index in [-0.39, 0.29) is 4.90 Å². The van der Waals surface area contributed by atoms with Crippen LogP contribution in [0.5, 0.6) is 11.5 Å². The van der Waals surface area contributed by atoms with Crippen LogP contribution in [0.4, 0.5) is 5.69 Å². The van der Waals surface area contributed by atoms with Gasteiger partial charge in [0.2, 0.25) is 0 Å². The highest BCUT2D eigenvalue weighted by Crippen LogP contribution is 2.60. The largest absolute Gasteiger partial charge is 0.457 e. The number of nitrogens with zero attached hydrogens (tertiary/aromatic N) is 1. The van der Waals surface area contributed by atoms with Gasteiger partial charge in [0.05, 0.1) is 4.90 Å². The summed E-state index contributed by atoms with van der Waals surface area (Å²) in [5.41, 5.74) is 2.83. The molecule has 4 aromatic carbocycles. The number of carbonyl (C=O) groups excluding carboxylic acids is 1. The van der Waals surface area contributed by atoms with Gasteiger partial charge in [0.15, 0.2) is 15.6 Å². The molecule has 43 heavy (non-hydrogen) atoms. The second-order valence-corrected chi connectivity index (χ2v) is 13.4. The van der Waals surface area contributed by atoms with E-state index in [2.05, 4.69) is 10.3 Å². The normalized spacial score (nSPS) is 11.8. The van der Waals surface area contributed by atoms with Gasteiger partial charge in [0.1, 0.15) is 17.8 Å². The van der Waals surface area contributed by atoms with E-state index in [1.807, 2.05) is 85.8 Å². The maximum atomic E-state index is 14.4. The highest BCUT2D eigenvalue weighted by Gasteiger charge is 2.41. The van der Waals surface area contributed by atoms with E-state index in [0.29, 0.717) is 28.9 Å². The molecule has 220 valence electrons. The predicted molar refractivity (Wildman–Crippen MR) is 168 cm³/mol. The molecular formula is C33H31N2O6PS. The summed E-state index contributed by atoms with van der Waals surface area (Å²) in [7, 11) is -6.97. The highest BCUT2D eigenvalue weighted by molar-refractivity contribution is 7.90. The van der Waals surface area contributed by atoms with Gasteiger partial charge in [-0.3, -0.25) is 9.78 Å². The number of hydrogen-bond acceptors (Lipinski definition) is 8. The van der Waals surface area contributed by atoms with E-state index in [4.69, 9.17) is 9.05 Å². The van der Waals surface area contributed by atoms with Crippen molar-refractivity contribution in [1.82, 2.24) is 4.98 Å². The molecule has 0 aliphatic rings. The third-order valence-corrected chi connectivity index (χ3v) is 9.16. The van der Waals surface area contributed by atoms with Crippen LogP contribution in [0.25, 0.3) is 0 Å². The summed E-state index contributed by atoms with van der Waals surface area (Å²) in [6.45, 7) is 1.91. The van der Waals surface area contributed by atoms with E-state index in [1.165, 1.54) is 24.3 Å². The van der Waals surface area contributed by atoms with Gasteiger partial charge in [-0.1, -0.05) is 72.8 Å². The molecule has 10 heteroatoms. The van der Waals surface area contributed by atoms with Gasteiger partial charge in [-0.15, -0.1) is 0 Å². The molecule has 0 aliphatic heterocycles. The maximum Gasteiger partial charge on any atom is 0.457 e. The summed E-state index contributed by atoms with van der Waals surface area (Å²) in [5, 5.41) is 3.34. The fraction of sp³-hybridized carbons (Fsp3) is 0.0909. The van der Waals surface area contributed by atoms with Crippen LogP contribution in [-0.2, 0) is 14.4 Å². The summed E-state index contributed by atoms with van der Waals surface area (Å²) >= 11 is 0. The summed E-state index contributed by atoms with van der Waals surface area (Å²) in [5.74, 6) is 0.131. The minimum Gasteiger partial charge on any atom is -0.414 e. The van der Waals surface area contributed by atoms with Crippen molar-refractivity contribution in [2.75, 3.05) is 11.6 Å². The molecule has 0 fully saturated rings. The number of para-hydroxylation sites is 3. The van der Waals surface area contributed by atoms with Crippen LogP contribution in [0.1, 0.15) is 27.4 Å². The Labute approximate surface area is 251 Å². The lowest BCUT2D eigenvalue weighted by atomic mass is 10.2. The number of sulfone groups is 1. The van der Waals surface area contributed by atoms with Crippen LogP contribution in [0.15, 0.2) is 138 Å². The van der Waals surface area contributed by atoms with Crippen molar-refractivity contribution in [3.05, 3.63) is 150 Å². The number of hydrogen-bond donors (Lipinski definition) is 1. The molecule has 0 spiro atoms. The average molecular weight is 615 g/mol. The predicted octanol–water partition coefficient (Wildman–Crippen LogP) is 7.75. The van der Waals surface area contributed by atoms with E-state index in [9.17, 15) is 17.8 Å². The van der Waals surface area contributed by atoms with Crippen LogP contribution >= 0.6 is 7.60 Å². The molecule has 1 atom stereocenters. The van der Waals surface area contributed by atoms with Gasteiger partial charge in [-0.05, 0) is 61.5 Å². The molecule has 0 saturated heterocycles. The molecule has 0 bridgehead atoms. The first kappa shape index (κ1) is 31.2. The monoisotopic (exact) mass is 614 g/mol. The highest BCUT2D eigenvalue weighted by atomic mass is 32.2. The molecular weight excluding hydrogens is 583 g/mol. The van der Waals surface area contributed by atoms with Gasteiger partial charge in [-0.25, -0.2) is 13.0 Å². The third kappa shape index (κ3) is 9.13. The number of aromatic nitrogens is 1. The topological polar surface area (TPSA) is 112 Å². The number of aryl methyl sites for hydroxylation is 1. The van der Waals surface area contributed by atoms with Crippen molar-refractivity contribution in [3.63, 3.8) is 0 Å². The Hall–Kier alpha value is -4.72. The van der Waals surface area contributed by atoms with Crippen LogP contribution in [0.3, 0.4) is 0 Å². The molecule has 0 radical (unpaired) electrons. The summed E-state index contributed by atoms with van der Waals surface area (Å²) in [6, 6.07) is 37.2. The zero-order valence-corrected chi connectivity index (χ0v) is 25.3. The summed E-state index contributed by atoms with van der Waals surface area (Å²) in [4.78, 5) is 14.8. The first-order valence-corrected chi connectivity index (χ1v) is 16.7. The molecule has 8 nitrogen and oxygen atoms in total. The van der Waals surface area contributed by atoms with Crippen molar-refractivity contribution < 1.29 is 26.8 Å². The smallest absolute Gasteiger partial charge is 0.414 e. The van der Waals surface area contributed by atoms with Crippen LogP contribution in [-0.4, -0.2) is 25.9 Å². The Morgan fingerprint density at radius 1 is 0.744 bits per heavy atom. The Bertz CT molecular complexity index is 1710. The first-order valence-electron chi connectivity index (χ1n) is 13.2. The second-order valence-electron chi connectivity index (χ2n) is 9.45.